The van der Waals surface area contributed by atoms with Crippen molar-refractivity contribution in [2.45, 2.75) is 33.1 Å². The van der Waals surface area contributed by atoms with Gasteiger partial charge in [0.15, 0.2) is 0 Å². The van der Waals surface area contributed by atoms with Crippen molar-refractivity contribution in [3.05, 3.63) is 35.4 Å². The number of ether oxygens (including phenoxy) is 1. The van der Waals surface area contributed by atoms with Crippen LogP contribution in [0, 0.1) is 5.92 Å². The summed E-state index contributed by atoms with van der Waals surface area (Å²) in [5.74, 6) is -0.252. The molecule has 1 rings (SSSR count). The maximum atomic E-state index is 10.7. The normalized spacial score (nSPS) is 12.3. The van der Waals surface area contributed by atoms with E-state index in [0.717, 1.165) is 38.0 Å². The summed E-state index contributed by atoms with van der Waals surface area (Å²) in [6, 6.07) is 7.05. The average Bonchev–Trinajstić information content (AvgIpc) is 2.38. The molecule has 1 aromatic carbocycles. The fourth-order valence-corrected chi connectivity index (χ4v) is 1.59. The van der Waals surface area contributed by atoms with Gasteiger partial charge in [-0.05, 0) is 36.5 Å². The van der Waals surface area contributed by atoms with Crippen LogP contribution in [0.1, 0.15) is 42.6 Å². The smallest absolute Gasteiger partial charge is 0.335 e. The van der Waals surface area contributed by atoms with E-state index in [2.05, 4.69) is 13.8 Å². The molecule has 1 N–H and O–H groups in total. The Bertz CT molecular complexity index is 357. The lowest BCUT2D eigenvalue weighted by Gasteiger charge is -2.09. The minimum atomic E-state index is -0.876. The van der Waals surface area contributed by atoms with Crippen molar-refractivity contribution >= 4 is 5.97 Å². The van der Waals surface area contributed by atoms with Crippen LogP contribution in [-0.2, 0) is 11.2 Å². The second-order valence-corrected chi connectivity index (χ2v) is 4.69. The molecule has 0 aromatic heterocycles. The predicted molar refractivity (Wildman–Crippen MR) is 72.0 cm³/mol. The summed E-state index contributed by atoms with van der Waals surface area (Å²) < 4.78 is 5.58. The van der Waals surface area contributed by atoms with Crippen LogP contribution in [0.5, 0.6) is 0 Å². The van der Waals surface area contributed by atoms with Gasteiger partial charge in [-0.1, -0.05) is 32.4 Å². The largest absolute Gasteiger partial charge is 0.478 e. The molecule has 0 spiro atoms. The second-order valence-electron chi connectivity index (χ2n) is 4.69. The number of carboxylic acids is 1. The maximum absolute atomic E-state index is 10.7. The first-order valence-electron chi connectivity index (χ1n) is 6.53. The molecule has 0 aliphatic rings. The number of aryl methyl sites for hydroxylation is 1. The topological polar surface area (TPSA) is 46.5 Å². The summed E-state index contributed by atoms with van der Waals surface area (Å²) in [5, 5.41) is 8.78. The van der Waals surface area contributed by atoms with E-state index in [9.17, 15) is 4.79 Å². The van der Waals surface area contributed by atoms with Gasteiger partial charge in [0.25, 0.3) is 0 Å². The summed E-state index contributed by atoms with van der Waals surface area (Å²) in [6.45, 7) is 5.95. The first kappa shape index (κ1) is 14.7. The van der Waals surface area contributed by atoms with Crippen LogP contribution in [0.4, 0.5) is 0 Å². The molecule has 0 aliphatic carbocycles. The van der Waals surface area contributed by atoms with Gasteiger partial charge in [-0.15, -0.1) is 0 Å². The van der Waals surface area contributed by atoms with E-state index < -0.39 is 5.97 Å². The second kappa shape index (κ2) is 7.88. The Hall–Kier alpha value is -1.35. The van der Waals surface area contributed by atoms with Gasteiger partial charge in [-0.3, -0.25) is 0 Å². The molecule has 0 saturated carbocycles. The van der Waals surface area contributed by atoms with E-state index in [1.807, 2.05) is 12.1 Å². The Balaban J connectivity index is 2.21. The molecule has 0 amide bonds. The molecule has 3 nitrogen and oxygen atoms in total. The van der Waals surface area contributed by atoms with Crippen LogP contribution < -0.4 is 0 Å². The fraction of sp³-hybridized carbons (Fsp3) is 0.533. The SMILES string of the molecule is CCC(C)COCCCc1ccc(C(=O)O)cc1. The Morgan fingerprint density at radius 1 is 1.33 bits per heavy atom. The lowest BCUT2D eigenvalue weighted by Crippen LogP contribution is -2.06. The number of carboxylic acid groups (broad SMARTS) is 1. The van der Waals surface area contributed by atoms with Crippen molar-refractivity contribution in [2.24, 2.45) is 5.92 Å². The highest BCUT2D eigenvalue weighted by Crippen LogP contribution is 2.07. The molecule has 0 heterocycles. The van der Waals surface area contributed by atoms with E-state index in [4.69, 9.17) is 9.84 Å². The zero-order chi connectivity index (χ0) is 13.4. The molecule has 0 aliphatic heterocycles. The highest BCUT2D eigenvalue weighted by Gasteiger charge is 2.02. The molecule has 1 unspecified atom stereocenters. The summed E-state index contributed by atoms with van der Waals surface area (Å²) in [7, 11) is 0. The quantitative estimate of drug-likeness (QED) is 0.719. The molecule has 1 aromatic rings. The van der Waals surface area contributed by atoms with Crippen molar-refractivity contribution in [1.82, 2.24) is 0 Å². The molecule has 0 bridgehead atoms. The standard InChI is InChI=1S/C15H22O3/c1-3-12(2)11-18-10-4-5-13-6-8-14(9-7-13)15(16)17/h6-9,12H,3-5,10-11H2,1-2H3,(H,16,17). The Labute approximate surface area is 109 Å². The van der Waals surface area contributed by atoms with Crippen LogP contribution in [0.15, 0.2) is 24.3 Å². The summed E-state index contributed by atoms with van der Waals surface area (Å²) in [5.41, 5.74) is 1.50. The zero-order valence-electron chi connectivity index (χ0n) is 11.2. The van der Waals surface area contributed by atoms with E-state index in [1.54, 1.807) is 12.1 Å². The third-order valence-corrected chi connectivity index (χ3v) is 3.05. The Kier molecular flexibility index (Phi) is 6.44. The zero-order valence-corrected chi connectivity index (χ0v) is 11.2. The van der Waals surface area contributed by atoms with Crippen molar-refractivity contribution in [3.8, 4) is 0 Å². The van der Waals surface area contributed by atoms with Crippen molar-refractivity contribution in [2.75, 3.05) is 13.2 Å². The third kappa shape index (κ3) is 5.32. The first-order valence-corrected chi connectivity index (χ1v) is 6.53. The lowest BCUT2D eigenvalue weighted by atomic mass is 10.1. The summed E-state index contributed by atoms with van der Waals surface area (Å²) in [6.07, 6.45) is 3.06. The molecule has 18 heavy (non-hydrogen) atoms. The van der Waals surface area contributed by atoms with Gasteiger partial charge in [0.2, 0.25) is 0 Å². The van der Waals surface area contributed by atoms with E-state index >= 15 is 0 Å². The summed E-state index contributed by atoms with van der Waals surface area (Å²) >= 11 is 0. The van der Waals surface area contributed by atoms with Crippen LogP contribution >= 0.6 is 0 Å². The number of benzene rings is 1. The van der Waals surface area contributed by atoms with Crippen LogP contribution in [0.3, 0.4) is 0 Å². The van der Waals surface area contributed by atoms with Crippen molar-refractivity contribution in [3.63, 3.8) is 0 Å². The third-order valence-electron chi connectivity index (χ3n) is 3.05. The highest BCUT2D eigenvalue weighted by molar-refractivity contribution is 5.87. The monoisotopic (exact) mass is 250 g/mol. The van der Waals surface area contributed by atoms with Gasteiger partial charge in [-0.25, -0.2) is 4.79 Å². The van der Waals surface area contributed by atoms with Gasteiger partial charge in [-0.2, -0.15) is 0 Å². The van der Waals surface area contributed by atoms with Crippen molar-refractivity contribution in [1.29, 1.82) is 0 Å². The Morgan fingerprint density at radius 3 is 2.56 bits per heavy atom. The number of hydrogen-bond donors (Lipinski definition) is 1. The van der Waals surface area contributed by atoms with Crippen LogP contribution in [-0.4, -0.2) is 24.3 Å². The van der Waals surface area contributed by atoms with Gasteiger partial charge in [0.1, 0.15) is 0 Å². The minimum Gasteiger partial charge on any atom is -0.478 e. The van der Waals surface area contributed by atoms with E-state index in [1.165, 1.54) is 0 Å². The molecule has 0 radical (unpaired) electrons. The van der Waals surface area contributed by atoms with Gasteiger partial charge in [0.05, 0.1) is 5.56 Å². The van der Waals surface area contributed by atoms with E-state index in [-0.39, 0.29) is 0 Å². The molecule has 100 valence electrons. The number of carbonyl (C=O) groups is 1. The molecule has 3 heteroatoms. The molecule has 0 fully saturated rings. The number of hydrogen-bond acceptors (Lipinski definition) is 2. The molecule has 1 atom stereocenters. The van der Waals surface area contributed by atoms with Gasteiger partial charge >= 0.3 is 5.97 Å². The minimum absolute atomic E-state index is 0.340. The number of rotatable bonds is 8. The van der Waals surface area contributed by atoms with Crippen LogP contribution in [0.25, 0.3) is 0 Å². The lowest BCUT2D eigenvalue weighted by molar-refractivity contribution is 0.0697. The molecular weight excluding hydrogens is 228 g/mol. The predicted octanol–water partition coefficient (Wildman–Crippen LogP) is 3.38. The first-order chi connectivity index (χ1) is 8.63. The molecular formula is C15H22O3. The molecule has 0 saturated heterocycles. The van der Waals surface area contributed by atoms with E-state index in [0.29, 0.717) is 11.5 Å². The van der Waals surface area contributed by atoms with Gasteiger partial charge < -0.3 is 9.84 Å². The van der Waals surface area contributed by atoms with Crippen LogP contribution in [0.2, 0.25) is 0 Å². The average molecular weight is 250 g/mol. The fourth-order valence-electron chi connectivity index (χ4n) is 1.59. The number of aromatic carboxylic acids is 1. The highest BCUT2D eigenvalue weighted by atomic mass is 16.5. The Morgan fingerprint density at radius 2 is 2.00 bits per heavy atom. The summed E-state index contributed by atoms with van der Waals surface area (Å²) in [4.78, 5) is 10.7. The van der Waals surface area contributed by atoms with Gasteiger partial charge in [0, 0.05) is 13.2 Å². The van der Waals surface area contributed by atoms with Crippen molar-refractivity contribution < 1.29 is 14.6 Å². The maximum Gasteiger partial charge on any atom is 0.335 e.